The zero-order chi connectivity index (χ0) is 15.7. The number of hydrogen-bond acceptors (Lipinski definition) is 2. The second kappa shape index (κ2) is 5.93. The van der Waals surface area contributed by atoms with Crippen LogP contribution >= 0.6 is 15.9 Å². The summed E-state index contributed by atoms with van der Waals surface area (Å²) >= 11 is 3.65. The Balaban J connectivity index is 1.94. The first-order valence-electron chi connectivity index (χ1n) is 7.03. The number of nitrogens with one attached hydrogen (secondary N) is 1. The van der Waals surface area contributed by atoms with E-state index in [1.807, 2.05) is 6.92 Å². The highest BCUT2D eigenvalue weighted by Crippen LogP contribution is 2.41. The van der Waals surface area contributed by atoms with Gasteiger partial charge in [-0.05, 0) is 53.3 Å². The van der Waals surface area contributed by atoms with Crippen LogP contribution in [0.2, 0.25) is 0 Å². The molecular formula is C17H17BrN4. The van der Waals surface area contributed by atoms with Gasteiger partial charge in [0.15, 0.2) is 0 Å². The molecule has 0 fully saturated rings. The highest BCUT2D eigenvalue weighted by Gasteiger charge is 2.20. The molecule has 0 saturated heterocycles. The van der Waals surface area contributed by atoms with E-state index in [-0.39, 0.29) is 0 Å². The molecule has 112 valence electrons. The van der Waals surface area contributed by atoms with Crippen LogP contribution < -0.4 is 11.2 Å². The minimum absolute atomic E-state index is 0.303. The lowest BCUT2D eigenvalue weighted by molar-refractivity contribution is 0.997. The van der Waals surface area contributed by atoms with Crippen LogP contribution in [0.15, 0.2) is 51.0 Å². The predicted molar refractivity (Wildman–Crippen MR) is 95.3 cm³/mol. The van der Waals surface area contributed by atoms with E-state index in [9.17, 15) is 0 Å². The number of hydrazone groups is 1. The maximum absolute atomic E-state index is 5.59. The number of nitrogens with two attached hydrogens (primary N) is 1. The van der Waals surface area contributed by atoms with Crippen molar-refractivity contribution in [2.24, 2.45) is 15.8 Å². The molecule has 2 aromatic carbocycles. The third-order valence-electron chi connectivity index (χ3n) is 3.85. The zero-order valence-electron chi connectivity index (χ0n) is 12.5. The van der Waals surface area contributed by atoms with E-state index in [4.69, 9.17) is 5.73 Å². The number of rotatable bonds is 2. The molecule has 1 aliphatic rings. The van der Waals surface area contributed by atoms with Gasteiger partial charge in [-0.2, -0.15) is 5.10 Å². The van der Waals surface area contributed by atoms with Gasteiger partial charge in [0.2, 0.25) is 5.96 Å². The van der Waals surface area contributed by atoms with Crippen LogP contribution in [0.5, 0.6) is 0 Å². The molecule has 4 nitrogen and oxygen atoms in total. The second-order valence-corrected chi connectivity index (χ2v) is 6.09. The Morgan fingerprint density at radius 3 is 2.82 bits per heavy atom. The molecule has 0 aliphatic heterocycles. The van der Waals surface area contributed by atoms with Crippen molar-refractivity contribution >= 4 is 27.6 Å². The fourth-order valence-electron chi connectivity index (χ4n) is 2.69. The molecule has 22 heavy (non-hydrogen) atoms. The lowest BCUT2D eigenvalue weighted by Gasteiger charge is -2.07. The van der Waals surface area contributed by atoms with Crippen LogP contribution in [0.4, 0.5) is 0 Å². The Kier molecular flexibility index (Phi) is 3.98. The van der Waals surface area contributed by atoms with E-state index in [0.29, 0.717) is 5.96 Å². The molecule has 0 bridgehead atoms. The molecular weight excluding hydrogens is 340 g/mol. The Bertz CT molecular complexity index is 793. The van der Waals surface area contributed by atoms with Crippen LogP contribution in [0.3, 0.4) is 0 Å². The van der Waals surface area contributed by atoms with E-state index in [2.05, 4.69) is 67.8 Å². The molecule has 0 atom stereocenters. The summed E-state index contributed by atoms with van der Waals surface area (Å²) in [4.78, 5) is 3.82. The quantitative estimate of drug-likeness (QED) is 0.420. The first kappa shape index (κ1) is 14.8. The molecule has 0 radical (unpaired) electrons. The van der Waals surface area contributed by atoms with Gasteiger partial charge in [0, 0.05) is 11.5 Å². The SMILES string of the molecule is CN=C(N)NN=C(C)c1ccc2c(c1)Cc1cccc(Br)c1-2. The molecule has 1 aliphatic carbocycles. The van der Waals surface area contributed by atoms with Gasteiger partial charge in [0.25, 0.3) is 0 Å². The predicted octanol–water partition coefficient (Wildman–Crippen LogP) is 3.28. The Hall–Kier alpha value is -2.14. The molecule has 0 spiro atoms. The maximum atomic E-state index is 5.59. The standard InChI is InChI=1S/C17H17BrN4/c1-10(21-22-17(19)20-2)11-6-7-14-13(8-11)9-12-4-3-5-15(18)16(12)14/h3-8H,9H2,1-2H3,(H3,19,20,22). The van der Waals surface area contributed by atoms with E-state index < -0.39 is 0 Å². The Morgan fingerprint density at radius 2 is 2.05 bits per heavy atom. The molecule has 0 amide bonds. The number of aliphatic imine (C=N–C) groups is 1. The van der Waals surface area contributed by atoms with Crippen molar-refractivity contribution in [3.05, 3.63) is 57.6 Å². The van der Waals surface area contributed by atoms with E-state index in [1.165, 1.54) is 22.3 Å². The molecule has 3 N–H and O–H groups in total. The minimum Gasteiger partial charge on any atom is -0.369 e. The molecule has 0 unspecified atom stereocenters. The van der Waals surface area contributed by atoms with Crippen LogP contribution in [-0.4, -0.2) is 18.7 Å². The van der Waals surface area contributed by atoms with Crippen LogP contribution in [0.1, 0.15) is 23.6 Å². The van der Waals surface area contributed by atoms with Gasteiger partial charge in [-0.1, -0.05) is 40.2 Å². The summed E-state index contributed by atoms with van der Waals surface area (Å²) in [6.45, 7) is 1.95. The number of halogens is 1. The molecule has 0 heterocycles. The highest BCUT2D eigenvalue weighted by molar-refractivity contribution is 9.10. The lowest BCUT2D eigenvalue weighted by atomic mass is 10.0. The van der Waals surface area contributed by atoms with Crippen molar-refractivity contribution in [1.29, 1.82) is 0 Å². The lowest BCUT2D eigenvalue weighted by Crippen LogP contribution is -2.27. The summed E-state index contributed by atoms with van der Waals surface area (Å²) in [7, 11) is 1.62. The van der Waals surface area contributed by atoms with Gasteiger partial charge < -0.3 is 5.73 Å². The number of hydrogen-bond donors (Lipinski definition) is 2. The van der Waals surface area contributed by atoms with Gasteiger partial charge in [-0.15, -0.1) is 0 Å². The summed E-state index contributed by atoms with van der Waals surface area (Å²) < 4.78 is 1.15. The summed E-state index contributed by atoms with van der Waals surface area (Å²) in [6, 6.07) is 12.8. The van der Waals surface area contributed by atoms with Gasteiger partial charge >= 0.3 is 0 Å². The van der Waals surface area contributed by atoms with E-state index in [1.54, 1.807) is 7.05 Å². The van der Waals surface area contributed by atoms with Crippen LogP contribution in [-0.2, 0) is 6.42 Å². The monoisotopic (exact) mass is 356 g/mol. The van der Waals surface area contributed by atoms with Crippen LogP contribution in [0.25, 0.3) is 11.1 Å². The van der Waals surface area contributed by atoms with Crippen molar-refractivity contribution in [2.45, 2.75) is 13.3 Å². The first-order chi connectivity index (χ1) is 10.6. The molecule has 2 aromatic rings. The highest BCUT2D eigenvalue weighted by atomic mass is 79.9. The van der Waals surface area contributed by atoms with Crippen LogP contribution in [0, 0.1) is 0 Å². The zero-order valence-corrected chi connectivity index (χ0v) is 14.1. The smallest absolute Gasteiger partial charge is 0.209 e. The number of guanidine groups is 1. The van der Waals surface area contributed by atoms with Crippen molar-refractivity contribution in [3.63, 3.8) is 0 Å². The maximum Gasteiger partial charge on any atom is 0.209 e. The van der Waals surface area contributed by atoms with Crippen molar-refractivity contribution in [2.75, 3.05) is 7.05 Å². The molecule has 0 aromatic heterocycles. The largest absolute Gasteiger partial charge is 0.369 e. The third-order valence-corrected chi connectivity index (χ3v) is 4.51. The molecule has 3 rings (SSSR count). The number of fused-ring (bicyclic) bond motifs is 3. The van der Waals surface area contributed by atoms with E-state index >= 15 is 0 Å². The van der Waals surface area contributed by atoms with Gasteiger partial charge in [-0.3, -0.25) is 4.99 Å². The summed E-state index contributed by atoms with van der Waals surface area (Å²) in [5, 5.41) is 4.26. The summed E-state index contributed by atoms with van der Waals surface area (Å²) in [5.74, 6) is 0.303. The Labute approximate surface area is 138 Å². The summed E-state index contributed by atoms with van der Waals surface area (Å²) in [5.41, 5.74) is 15.6. The summed E-state index contributed by atoms with van der Waals surface area (Å²) in [6.07, 6.45) is 0.956. The van der Waals surface area contributed by atoms with Gasteiger partial charge in [0.05, 0.1) is 5.71 Å². The normalized spacial score (nSPS) is 13.8. The average molecular weight is 357 g/mol. The topological polar surface area (TPSA) is 62.8 Å². The fraction of sp³-hybridized carbons (Fsp3) is 0.176. The molecule has 0 saturated carbocycles. The minimum atomic E-state index is 0.303. The van der Waals surface area contributed by atoms with E-state index in [0.717, 1.165) is 22.2 Å². The van der Waals surface area contributed by atoms with Crippen molar-refractivity contribution in [1.82, 2.24) is 5.43 Å². The van der Waals surface area contributed by atoms with Gasteiger partial charge in [-0.25, -0.2) is 5.43 Å². The second-order valence-electron chi connectivity index (χ2n) is 5.24. The average Bonchev–Trinajstić information content (AvgIpc) is 2.90. The number of nitrogens with zero attached hydrogens (tertiary/aromatic N) is 2. The fourth-order valence-corrected chi connectivity index (χ4v) is 3.31. The van der Waals surface area contributed by atoms with Crippen molar-refractivity contribution in [3.8, 4) is 11.1 Å². The van der Waals surface area contributed by atoms with Crippen molar-refractivity contribution < 1.29 is 0 Å². The third kappa shape index (κ3) is 2.64. The number of benzene rings is 2. The first-order valence-corrected chi connectivity index (χ1v) is 7.83. The van der Waals surface area contributed by atoms with Gasteiger partial charge in [0.1, 0.15) is 0 Å². The molecule has 5 heteroatoms. The Morgan fingerprint density at radius 1 is 1.23 bits per heavy atom.